The van der Waals surface area contributed by atoms with Crippen molar-refractivity contribution in [1.82, 2.24) is 0 Å². The maximum Gasteiger partial charge on any atom is 0.294 e. The van der Waals surface area contributed by atoms with Crippen LogP contribution < -0.4 is 4.90 Å². The van der Waals surface area contributed by atoms with Gasteiger partial charge in [0.2, 0.25) is 5.69 Å². The monoisotopic (exact) mass is 841 g/mol. The van der Waals surface area contributed by atoms with Crippen molar-refractivity contribution in [3.05, 3.63) is 99.3 Å². The first-order chi connectivity index (χ1) is 27.7. The topological polar surface area (TPSA) is 116 Å². The third-order valence-electron chi connectivity index (χ3n) is 11.1. The van der Waals surface area contributed by atoms with Crippen molar-refractivity contribution in [3.63, 3.8) is 0 Å². The van der Waals surface area contributed by atoms with Crippen LogP contribution >= 0.6 is 11.6 Å². The number of benzene rings is 2. The van der Waals surface area contributed by atoms with Gasteiger partial charge in [-0.15, -0.1) is 0 Å². The predicted molar refractivity (Wildman–Crippen MR) is 230 cm³/mol. The molecule has 0 aromatic heterocycles. The number of aryl methyl sites for hydroxylation is 1. The van der Waals surface area contributed by atoms with Gasteiger partial charge in [0.25, 0.3) is 10.1 Å². The number of methoxy groups -OCH3 is 2. The smallest absolute Gasteiger partial charge is 0.294 e. The lowest BCUT2D eigenvalue weighted by Crippen LogP contribution is -2.29. The number of rotatable bonds is 22. The first-order valence-electron chi connectivity index (χ1n) is 20.1. The van der Waals surface area contributed by atoms with Gasteiger partial charge in [0.15, 0.2) is 12.3 Å². The Kier molecular flexibility index (Phi) is 16.5. The van der Waals surface area contributed by atoms with Crippen molar-refractivity contribution in [2.75, 3.05) is 98.3 Å². The van der Waals surface area contributed by atoms with Crippen molar-refractivity contribution < 1.29 is 46.0 Å². The summed E-state index contributed by atoms with van der Waals surface area (Å²) in [6.45, 7) is 17.1. The molecule has 58 heavy (non-hydrogen) atoms. The number of hydrogen-bond acceptors (Lipinski definition) is 9. The Morgan fingerprint density at radius 2 is 1.41 bits per heavy atom. The molecule has 0 radical (unpaired) electrons. The van der Waals surface area contributed by atoms with Gasteiger partial charge < -0.3 is 33.3 Å². The van der Waals surface area contributed by atoms with Crippen LogP contribution in [0, 0.1) is 6.92 Å². The van der Waals surface area contributed by atoms with E-state index in [2.05, 4.69) is 86.6 Å². The van der Waals surface area contributed by atoms with Gasteiger partial charge in [0.1, 0.15) is 6.61 Å². The Bertz CT molecular complexity index is 2020. The zero-order valence-corrected chi connectivity index (χ0v) is 36.8. The summed E-state index contributed by atoms with van der Waals surface area (Å²) < 4.78 is 69.5. The molecule has 0 saturated carbocycles. The molecule has 0 amide bonds. The van der Waals surface area contributed by atoms with E-state index in [0.717, 1.165) is 52.4 Å². The standard InChI is InChI=1S/C45H61ClN2O9S/c1-33-11-15-39-37(31-33)44(2,3)41(47(39)19-21-54-27-29-56-25-23-52-6)17-12-34-9-8-10-35(43(34)46)13-18-42-45(4,5)38-32-36(58(49,50)51)14-16-40(38)48(42)20-22-55-28-30-57-26-24-53-7/h11-18,31-32H,8-10,19-30H2,1-7H3/p+1. The third kappa shape index (κ3) is 11.1. The fourth-order valence-corrected chi connectivity index (χ4v) is 8.72. The van der Waals surface area contributed by atoms with Gasteiger partial charge >= 0.3 is 0 Å². The summed E-state index contributed by atoms with van der Waals surface area (Å²) in [5.41, 5.74) is 8.88. The van der Waals surface area contributed by atoms with Crippen molar-refractivity contribution >= 4 is 38.8 Å². The average Bonchev–Trinajstić information content (AvgIpc) is 3.52. The van der Waals surface area contributed by atoms with E-state index in [1.807, 2.05) is 0 Å². The van der Waals surface area contributed by atoms with Gasteiger partial charge in [0.05, 0.1) is 69.8 Å². The van der Waals surface area contributed by atoms with Gasteiger partial charge in [-0.3, -0.25) is 4.55 Å². The highest BCUT2D eigenvalue weighted by atomic mass is 35.5. The van der Waals surface area contributed by atoms with Crippen LogP contribution in [0.15, 0.2) is 87.5 Å². The molecule has 1 N–H and O–H groups in total. The summed E-state index contributed by atoms with van der Waals surface area (Å²) in [5.74, 6) is 0. The summed E-state index contributed by atoms with van der Waals surface area (Å²) in [5, 5.41) is 0.748. The molecule has 5 rings (SSSR count). The highest BCUT2D eigenvalue weighted by Crippen LogP contribution is 2.48. The summed E-state index contributed by atoms with van der Waals surface area (Å²) in [4.78, 5) is 2.24. The number of fused-ring (bicyclic) bond motifs is 2. The molecule has 3 aliphatic rings. The maximum atomic E-state index is 12.1. The lowest BCUT2D eigenvalue weighted by Gasteiger charge is -2.27. The lowest BCUT2D eigenvalue weighted by molar-refractivity contribution is -0.442. The molecule has 0 unspecified atom stereocenters. The van der Waals surface area contributed by atoms with Gasteiger partial charge in [-0.2, -0.15) is 13.0 Å². The normalized spacial score (nSPS) is 19.0. The second-order valence-corrected chi connectivity index (χ2v) is 17.6. The fourth-order valence-electron chi connectivity index (χ4n) is 7.89. The lowest BCUT2D eigenvalue weighted by atomic mass is 9.81. The highest BCUT2D eigenvalue weighted by molar-refractivity contribution is 7.85. The van der Waals surface area contributed by atoms with Crippen molar-refractivity contribution in [2.45, 2.75) is 69.6 Å². The molecule has 2 aromatic rings. The van der Waals surface area contributed by atoms with Crippen molar-refractivity contribution in [2.24, 2.45) is 0 Å². The molecular weight excluding hydrogens is 780 g/mol. The molecule has 2 aliphatic heterocycles. The molecule has 0 atom stereocenters. The molecule has 1 aliphatic carbocycles. The maximum absolute atomic E-state index is 12.1. The Hall–Kier alpha value is -3.17. The van der Waals surface area contributed by atoms with E-state index < -0.39 is 15.5 Å². The summed E-state index contributed by atoms with van der Waals surface area (Å²) in [7, 11) is -1.09. The van der Waals surface area contributed by atoms with E-state index in [0.29, 0.717) is 79.2 Å². The minimum absolute atomic E-state index is 0.131. The van der Waals surface area contributed by atoms with Crippen LogP contribution in [0.2, 0.25) is 0 Å². The number of ether oxygens (including phenoxy) is 6. The summed E-state index contributed by atoms with van der Waals surface area (Å²) in [6.07, 6.45) is 11.3. The predicted octanol–water partition coefficient (Wildman–Crippen LogP) is 7.82. The minimum atomic E-state index is -4.38. The van der Waals surface area contributed by atoms with E-state index in [1.54, 1.807) is 26.4 Å². The number of hydrogen-bond donors (Lipinski definition) is 1. The van der Waals surface area contributed by atoms with Crippen LogP contribution in [0.1, 0.15) is 63.6 Å². The van der Waals surface area contributed by atoms with E-state index in [4.69, 9.17) is 40.0 Å². The number of anilines is 1. The van der Waals surface area contributed by atoms with Crippen LogP contribution in [0.4, 0.5) is 11.4 Å². The Balaban J connectivity index is 1.40. The molecule has 11 nitrogen and oxygen atoms in total. The highest BCUT2D eigenvalue weighted by Gasteiger charge is 2.45. The number of nitrogens with zero attached hydrogens (tertiary/aromatic N) is 2. The third-order valence-corrected chi connectivity index (χ3v) is 12.4. The van der Waals surface area contributed by atoms with E-state index in [9.17, 15) is 13.0 Å². The van der Waals surface area contributed by atoms with Crippen molar-refractivity contribution in [1.29, 1.82) is 0 Å². The van der Waals surface area contributed by atoms with Crippen LogP contribution in [-0.2, 0) is 49.4 Å². The van der Waals surface area contributed by atoms with Gasteiger partial charge in [-0.05, 0) is 81.0 Å². The molecule has 0 fully saturated rings. The average molecular weight is 843 g/mol. The molecule has 0 spiro atoms. The second kappa shape index (κ2) is 20.9. The SMILES string of the molecule is COCCOCCOCCN1C(=CC=C2CCCC(C=CC3=[N+](CCOCCOCCOC)c4ccc(S(=O)(=O)O)cc4C3(C)C)=C2Cl)C(C)(C)c2cc(C)ccc21. The first kappa shape index (κ1) is 45.9. The summed E-state index contributed by atoms with van der Waals surface area (Å²) >= 11 is 7.25. The largest absolute Gasteiger partial charge is 0.382 e. The molecule has 13 heteroatoms. The molecule has 2 heterocycles. The van der Waals surface area contributed by atoms with Crippen molar-refractivity contribution in [3.8, 4) is 0 Å². The molecule has 0 saturated heterocycles. The van der Waals surface area contributed by atoms with Gasteiger partial charge in [-0.25, -0.2) is 0 Å². The van der Waals surface area contributed by atoms with E-state index in [-0.39, 0.29) is 10.3 Å². The van der Waals surface area contributed by atoms with E-state index >= 15 is 0 Å². The van der Waals surface area contributed by atoms with Crippen LogP contribution in [0.5, 0.6) is 0 Å². The van der Waals surface area contributed by atoms with E-state index in [1.165, 1.54) is 28.6 Å². The molecule has 0 bridgehead atoms. The second-order valence-electron chi connectivity index (χ2n) is 15.8. The zero-order valence-electron chi connectivity index (χ0n) is 35.3. The van der Waals surface area contributed by atoms with Gasteiger partial charge in [-0.1, -0.05) is 55.3 Å². The molecule has 318 valence electrons. The number of halogens is 1. The summed E-state index contributed by atoms with van der Waals surface area (Å²) in [6, 6.07) is 11.4. The number of allylic oxidation sites excluding steroid dienone is 8. The van der Waals surface area contributed by atoms with Crippen LogP contribution in [-0.4, -0.2) is 117 Å². The quantitative estimate of drug-likeness (QED) is 0.0715. The first-order valence-corrected chi connectivity index (χ1v) is 22.0. The fraction of sp³-hybridized carbons (Fsp3) is 0.533. The minimum Gasteiger partial charge on any atom is -0.382 e. The van der Waals surface area contributed by atoms with Crippen LogP contribution in [0.25, 0.3) is 0 Å². The molecule has 2 aromatic carbocycles. The Labute approximate surface area is 350 Å². The Morgan fingerprint density at radius 3 is 2.07 bits per heavy atom. The van der Waals surface area contributed by atoms with Gasteiger partial charge in [0, 0.05) is 60.3 Å². The zero-order chi connectivity index (χ0) is 41.9. The molecular formula is C45H62ClN2O9S+. The Morgan fingerprint density at radius 1 is 0.776 bits per heavy atom. The van der Waals surface area contributed by atoms with Crippen LogP contribution in [0.3, 0.4) is 0 Å².